The Balaban J connectivity index is 1.52. The predicted molar refractivity (Wildman–Crippen MR) is 122 cm³/mol. The Bertz CT molecular complexity index is 1180. The lowest BCUT2D eigenvalue weighted by molar-refractivity contribution is -0.117. The van der Waals surface area contributed by atoms with Gasteiger partial charge in [-0.3, -0.25) is 9.59 Å². The molecule has 2 atom stereocenters. The maximum Gasteiger partial charge on any atom is 0.257 e. The highest BCUT2D eigenvalue weighted by Crippen LogP contribution is 2.65. The highest BCUT2D eigenvalue weighted by Gasteiger charge is 2.67. The normalized spacial score (nSPS) is 18.7. The Kier molecular flexibility index (Phi) is 6.12. The molecule has 0 unspecified atom stereocenters. The summed E-state index contributed by atoms with van der Waals surface area (Å²) in [5.74, 6) is -4.22. The van der Waals surface area contributed by atoms with E-state index in [1.54, 1.807) is 0 Å². The maximum atomic E-state index is 13.9. The van der Waals surface area contributed by atoms with Crippen LogP contribution in [0.2, 0.25) is 5.02 Å². The first-order valence-electron chi connectivity index (χ1n) is 9.48. The summed E-state index contributed by atoms with van der Waals surface area (Å²) in [6.07, 6.45) is 0. The second-order valence-corrected chi connectivity index (χ2v) is 9.13. The van der Waals surface area contributed by atoms with E-state index in [-0.39, 0.29) is 22.2 Å². The van der Waals surface area contributed by atoms with Gasteiger partial charge < -0.3 is 10.6 Å². The molecule has 0 bridgehead atoms. The number of para-hydroxylation sites is 1. The fourth-order valence-corrected chi connectivity index (χ4v) is 4.55. The zero-order valence-corrected chi connectivity index (χ0v) is 18.5. The number of hydrogen-bond donors (Lipinski definition) is 2. The summed E-state index contributed by atoms with van der Waals surface area (Å²) in [5.41, 5.74) is 0.411. The number of carbonyl (C=O) groups excluding carboxylic acids is 2. The zero-order chi connectivity index (χ0) is 23.0. The van der Waals surface area contributed by atoms with Crippen LogP contribution in [0.3, 0.4) is 0 Å². The van der Waals surface area contributed by atoms with E-state index < -0.39 is 39.4 Å². The van der Waals surface area contributed by atoms with Crippen LogP contribution in [-0.4, -0.2) is 16.1 Å². The van der Waals surface area contributed by atoms with Crippen molar-refractivity contribution in [1.82, 2.24) is 0 Å². The van der Waals surface area contributed by atoms with E-state index in [9.17, 15) is 18.4 Å². The van der Waals surface area contributed by atoms with Crippen molar-refractivity contribution in [3.05, 3.63) is 94.5 Å². The van der Waals surface area contributed by atoms with Crippen LogP contribution in [0.4, 0.5) is 20.2 Å². The number of nitrogens with one attached hydrogen (secondary N) is 2. The summed E-state index contributed by atoms with van der Waals surface area (Å²) < 4.78 is 26.4. The Morgan fingerprint density at radius 3 is 2.19 bits per heavy atom. The second-order valence-electron chi connectivity index (χ2n) is 7.28. The number of carbonyl (C=O) groups is 2. The molecule has 0 spiro atoms. The molecule has 0 heterocycles. The van der Waals surface area contributed by atoms with Crippen molar-refractivity contribution in [2.75, 3.05) is 10.6 Å². The van der Waals surface area contributed by atoms with Gasteiger partial charge in [0.15, 0.2) is 0 Å². The van der Waals surface area contributed by atoms with Crippen molar-refractivity contribution in [2.24, 2.45) is 5.92 Å². The summed E-state index contributed by atoms with van der Waals surface area (Å²) in [6, 6.07) is 16.6. The average Bonchev–Trinajstić information content (AvgIpc) is 3.34. The lowest BCUT2D eigenvalue weighted by Crippen LogP contribution is -2.18. The number of rotatable bonds is 5. The van der Waals surface area contributed by atoms with Crippen LogP contribution < -0.4 is 10.6 Å². The number of halogens is 5. The van der Waals surface area contributed by atoms with Crippen molar-refractivity contribution in [2.45, 2.75) is 10.3 Å². The molecule has 3 aromatic carbocycles. The molecule has 0 aromatic heterocycles. The summed E-state index contributed by atoms with van der Waals surface area (Å²) in [5, 5.41) is 4.88. The predicted octanol–water partition coefficient (Wildman–Crippen LogP) is 6.40. The third-order valence-electron chi connectivity index (χ3n) is 5.17. The molecule has 4 rings (SSSR count). The van der Waals surface area contributed by atoms with Crippen LogP contribution in [0.5, 0.6) is 0 Å². The Hall–Kier alpha value is -2.67. The Morgan fingerprint density at radius 1 is 0.875 bits per heavy atom. The average molecular weight is 496 g/mol. The van der Waals surface area contributed by atoms with Crippen LogP contribution in [0.1, 0.15) is 21.8 Å². The minimum absolute atomic E-state index is 0.0369. The quantitative estimate of drug-likeness (QED) is 0.403. The molecule has 3 aromatic rings. The first-order valence-corrected chi connectivity index (χ1v) is 10.6. The minimum atomic E-state index is -1.26. The zero-order valence-electron chi connectivity index (χ0n) is 16.2. The molecule has 32 heavy (non-hydrogen) atoms. The largest absolute Gasteiger partial charge is 0.326 e. The molecule has 164 valence electrons. The fraction of sp³-hybridized carbons (Fsp3) is 0.130. The summed E-state index contributed by atoms with van der Waals surface area (Å²) in [4.78, 5) is 25.4. The third-order valence-corrected chi connectivity index (χ3v) is 6.44. The SMILES string of the molecule is O=C(Nc1c(F)cccc1F)c1cc(NC(=O)[C@H]2[C@H](c3ccccc3)C2(Cl)Cl)ccc1Cl. The third kappa shape index (κ3) is 4.31. The lowest BCUT2D eigenvalue weighted by Gasteiger charge is -2.11. The summed E-state index contributed by atoms with van der Waals surface area (Å²) in [6.45, 7) is 0. The summed E-state index contributed by atoms with van der Waals surface area (Å²) >= 11 is 18.8. The molecule has 0 aliphatic heterocycles. The number of alkyl halides is 2. The molecular weight excluding hydrogens is 481 g/mol. The standard InChI is InChI=1S/C23H15Cl3F2N2O2/c24-15-10-9-13(11-14(15)21(31)30-20-16(27)7-4-8-17(20)28)29-22(32)19-18(23(19,25)26)12-5-2-1-3-6-12/h1-11,18-19H,(H,29,32)(H,30,31)/t18-,19+/m0/s1. The number of amides is 2. The molecule has 2 N–H and O–H groups in total. The van der Waals surface area contributed by atoms with Gasteiger partial charge in [-0.15, -0.1) is 23.2 Å². The topological polar surface area (TPSA) is 58.2 Å². The van der Waals surface area contributed by atoms with Gasteiger partial charge in [0, 0.05) is 11.6 Å². The lowest BCUT2D eigenvalue weighted by atomic mass is 10.1. The van der Waals surface area contributed by atoms with Gasteiger partial charge in [0.1, 0.15) is 21.7 Å². The molecule has 1 fully saturated rings. The van der Waals surface area contributed by atoms with E-state index in [4.69, 9.17) is 34.8 Å². The molecule has 1 aliphatic carbocycles. The maximum absolute atomic E-state index is 13.9. The van der Waals surface area contributed by atoms with Crippen LogP contribution in [0.15, 0.2) is 66.7 Å². The highest BCUT2D eigenvalue weighted by atomic mass is 35.5. The van der Waals surface area contributed by atoms with Crippen LogP contribution >= 0.6 is 34.8 Å². The van der Waals surface area contributed by atoms with Gasteiger partial charge in [-0.2, -0.15) is 0 Å². The summed E-state index contributed by atoms with van der Waals surface area (Å²) in [7, 11) is 0. The van der Waals surface area contributed by atoms with Crippen molar-refractivity contribution in [3.63, 3.8) is 0 Å². The van der Waals surface area contributed by atoms with Gasteiger partial charge in [0.2, 0.25) is 5.91 Å². The smallest absolute Gasteiger partial charge is 0.257 e. The van der Waals surface area contributed by atoms with Crippen LogP contribution in [0.25, 0.3) is 0 Å². The molecule has 4 nitrogen and oxygen atoms in total. The van der Waals surface area contributed by atoms with Gasteiger partial charge in [0.25, 0.3) is 5.91 Å². The van der Waals surface area contributed by atoms with E-state index in [0.29, 0.717) is 0 Å². The first kappa shape index (κ1) is 22.5. The van der Waals surface area contributed by atoms with E-state index >= 15 is 0 Å². The second kappa shape index (κ2) is 8.70. The molecular formula is C23H15Cl3F2N2O2. The van der Waals surface area contributed by atoms with E-state index in [2.05, 4.69) is 10.6 Å². The van der Waals surface area contributed by atoms with Crippen molar-refractivity contribution in [3.8, 4) is 0 Å². The number of anilines is 2. The van der Waals surface area contributed by atoms with E-state index in [0.717, 1.165) is 17.7 Å². The van der Waals surface area contributed by atoms with E-state index in [1.807, 2.05) is 30.3 Å². The van der Waals surface area contributed by atoms with Gasteiger partial charge in [-0.05, 0) is 35.9 Å². The van der Waals surface area contributed by atoms with Crippen molar-refractivity contribution < 1.29 is 18.4 Å². The van der Waals surface area contributed by atoms with Gasteiger partial charge in [-0.25, -0.2) is 8.78 Å². The van der Waals surface area contributed by atoms with Gasteiger partial charge in [-0.1, -0.05) is 48.0 Å². The number of benzene rings is 3. The first-order chi connectivity index (χ1) is 15.2. The Morgan fingerprint density at radius 2 is 1.53 bits per heavy atom. The molecule has 9 heteroatoms. The van der Waals surface area contributed by atoms with Crippen LogP contribution in [-0.2, 0) is 4.79 Å². The highest BCUT2D eigenvalue weighted by molar-refractivity contribution is 6.53. The van der Waals surface area contributed by atoms with Gasteiger partial charge >= 0.3 is 0 Å². The molecule has 0 radical (unpaired) electrons. The molecule has 1 saturated carbocycles. The van der Waals surface area contributed by atoms with Crippen molar-refractivity contribution >= 4 is 58.0 Å². The Labute approximate surface area is 197 Å². The van der Waals surface area contributed by atoms with Crippen LogP contribution in [0, 0.1) is 17.6 Å². The number of hydrogen-bond acceptors (Lipinski definition) is 2. The van der Waals surface area contributed by atoms with E-state index in [1.165, 1.54) is 24.3 Å². The fourth-order valence-electron chi connectivity index (χ4n) is 3.52. The molecule has 0 saturated heterocycles. The van der Waals surface area contributed by atoms with Crippen molar-refractivity contribution in [1.29, 1.82) is 0 Å². The van der Waals surface area contributed by atoms with Gasteiger partial charge in [0.05, 0.1) is 16.5 Å². The minimum Gasteiger partial charge on any atom is -0.326 e. The monoisotopic (exact) mass is 494 g/mol. The molecule has 1 aliphatic rings. The molecule has 2 amide bonds.